The van der Waals surface area contributed by atoms with Crippen molar-refractivity contribution >= 4 is 11.8 Å². The molecule has 0 spiro atoms. The predicted octanol–water partition coefficient (Wildman–Crippen LogP) is 2.59. The summed E-state index contributed by atoms with van der Waals surface area (Å²) in [6.45, 7) is 4.59. The molecule has 2 bridgehead atoms. The zero-order chi connectivity index (χ0) is 17.6. The van der Waals surface area contributed by atoms with E-state index in [1.807, 2.05) is 55.1 Å². The van der Waals surface area contributed by atoms with Gasteiger partial charge in [-0.15, -0.1) is 0 Å². The van der Waals surface area contributed by atoms with Gasteiger partial charge in [0.15, 0.2) is 0 Å². The van der Waals surface area contributed by atoms with Crippen molar-refractivity contribution < 1.29 is 9.59 Å². The number of aromatic nitrogens is 1. The fourth-order valence-electron chi connectivity index (χ4n) is 4.30. The van der Waals surface area contributed by atoms with E-state index in [-0.39, 0.29) is 23.9 Å². The van der Waals surface area contributed by atoms with Crippen LogP contribution in [0.5, 0.6) is 0 Å². The zero-order valence-corrected chi connectivity index (χ0v) is 14.7. The Morgan fingerprint density at radius 3 is 2.60 bits per heavy atom. The number of fused-ring (bicyclic) bond motifs is 2. The van der Waals surface area contributed by atoms with Gasteiger partial charge in [0.2, 0.25) is 5.91 Å². The number of para-hydroxylation sites is 1. The van der Waals surface area contributed by atoms with Gasteiger partial charge >= 0.3 is 0 Å². The molecule has 2 aliphatic heterocycles. The number of hydrogen-bond acceptors (Lipinski definition) is 2. The highest BCUT2D eigenvalue weighted by Gasteiger charge is 2.41. The lowest BCUT2D eigenvalue weighted by Crippen LogP contribution is -2.42. The summed E-state index contributed by atoms with van der Waals surface area (Å²) in [6, 6.07) is 12.2. The number of nitrogens with one attached hydrogen (secondary N) is 1. The minimum absolute atomic E-state index is 0.0276. The summed E-state index contributed by atoms with van der Waals surface area (Å²) in [6.07, 6.45) is 2.30. The number of hydrogen-bond donors (Lipinski definition) is 1. The van der Waals surface area contributed by atoms with Gasteiger partial charge in [0.25, 0.3) is 5.91 Å². The van der Waals surface area contributed by atoms with Gasteiger partial charge in [0.1, 0.15) is 0 Å². The van der Waals surface area contributed by atoms with Crippen molar-refractivity contribution in [2.75, 3.05) is 6.54 Å². The summed E-state index contributed by atoms with van der Waals surface area (Å²) in [5, 5.41) is 2.93. The van der Waals surface area contributed by atoms with E-state index in [2.05, 4.69) is 9.88 Å². The van der Waals surface area contributed by atoms with Gasteiger partial charge in [-0.2, -0.15) is 0 Å². The van der Waals surface area contributed by atoms with Gasteiger partial charge < -0.3 is 14.8 Å². The van der Waals surface area contributed by atoms with Crippen LogP contribution in [0.25, 0.3) is 5.69 Å². The highest BCUT2D eigenvalue weighted by Crippen LogP contribution is 2.31. The molecule has 2 atom stereocenters. The van der Waals surface area contributed by atoms with Crippen LogP contribution in [-0.4, -0.2) is 39.9 Å². The average Bonchev–Trinajstić information content (AvgIpc) is 3.07. The second-order valence-electron chi connectivity index (χ2n) is 7.06. The lowest BCUT2D eigenvalue weighted by molar-refractivity contribution is -0.121. The lowest BCUT2D eigenvalue weighted by Gasteiger charge is -2.27. The number of carbonyl (C=O) groups excluding carboxylic acids is 2. The molecule has 2 fully saturated rings. The molecule has 130 valence electrons. The molecule has 2 unspecified atom stereocenters. The average molecular weight is 337 g/mol. The topological polar surface area (TPSA) is 54.3 Å². The smallest absolute Gasteiger partial charge is 0.256 e. The van der Waals surface area contributed by atoms with Crippen molar-refractivity contribution in [1.29, 1.82) is 0 Å². The van der Waals surface area contributed by atoms with E-state index in [1.165, 1.54) is 0 Å². The molecule has 2 amide bonds. The van der Waals surface area contributed by atoms with Crippen molar-refractivity contribution in [3.05, 3.63) is 53.3 Å². The van der Waals surface area contributed by atoms with Crippen LogP contribution in [-0.2, 0) is 4.79 Å². The number of aryl methyl sites for hydroxylation is 1. The Morgan fingerprint density at radius 2 is 1.84 bits per heavy atom. The van der Waals surface area contributed by atoms with Gasteiger partial charge in [-0.05, 0) is 44.9 Å². The van der Waals surface area contributed by atoms with Gasteiger partial charge in [0, 0.05) is 42.1 Å². The van der Waals surface area contributed by atoms with Crippen molar-refractivity contribution in [2.24, 2.45) is 0 Å². The Morgan fingerprint density at radius 1 is 1.12 bits per heavy atom. The number of benzene rings is 1. The SMILES string of the molecule is Cc1cc(C(=O)N2C3CCC2CC(=O)NC3)c(C)n1-c1ccccc1. The minimum Gasteiger partial charge on any atom is -0.354 e. The van der Waals surface area contributed by atoms with E-state index in [1.54, 1.807) is 0 Å². The van der Waals surface area contributed by atoms with Gasteiger partial charge in [-0.3, -0.25) is 9.59 Å². The third-order valence-electron chi connectivity index (χ3n) is 5.49. The molecule has 2 aromatic rings. The molecule has 25 heavy (non-hydrogen) atoms. The van der Waals surface area contributed by atoms with E-state index in [0.29, 0.717) is 13.0 Å². The van der Waals surface area contributed by atoms with E-state index >= 15 is 0 Å². The molecule has 0 saturated carbocycles. The van der Waals surface area contributed by atoms with Crippen LogP contribution in [0.1, 0.15) is 41.0 Å². The Kier molecular flexibility index (Phi) is 3.86. The number of rotatable bonds is 2. The van der Waals surface area contributed by atoms with Gasteiger partial charge in [-0.1, -0.05) is 18.2 Å². The van der Waals surface area contributed by atoms with E-state index in [0.717, 1.165) is 35.5 Å². The zero-order valence-electron chi connectivity index (χ0n) is 14.7. The minimum atomic E-state index is 0.0276. The molecule has 2 aliphatic rings. The van der Waals surface area contributed by atoms with E-state index in [4.69, 9.17) is 0 Å². The lowest BCUT2D eigenvalue weighted by atomic mass is 10.1. The van der Waals surface area contributed by atoms with Crippen LogP contribution in [0.4, 0.5) is 0 Å². The maximum absolute atomic E-state index is 13.3. The third kappa shape index (κ3) is 2.64. The predicted molar refractivity (Wildman–Crippen MR) is 95.8 cm³/mol. The fourth-order valence-corrected chi connectivity index (χ4v) is 4.30. The van der Waals surface area contributed by atoms with Crippen LogP contribution >= 0.6 is 0 Å². The molecule has 1 aromatic carbocycles. The van der Waals surface area contributed by atoms with Crippen LogP contribution < -0.4 is 5.32 Å². The van der Waals surface area contributed by atoms with Crippen molar-refractivity contribution in [1.82, 2.24) is 14.8 Å². The third-order valence-corrected chi connectivity index (χ3v) is 5.49. The maximum atomic E-state index is 13.3. The fraction of sp³-hybridized carbons (Fsp3) is 0.400. The molecule has 3 heterocycles. The van der Waals surface area contributed by atoms with E-state index in [9.17, 15) is 9.59 Å². The first kappa shape index (κ1) is 15.9. The Labute approximate surface area is 147 Å². The standard InChI is InChI=1S/C20H23N3O2/c1-13-10-18(14(2)22(13)15-6-4-3-5-7-15)20(25)23-16-8-9-17(23)12-21-19(24)11-16/h3-7,10,16-17H,8-9,11-12H2,1-2H3,(H,21,24). The first-order valence-electron chi connectivity index (χ1n) is 8.90. The Balaban J connectivity index is 1.71. The van der Waals surface area contributed by atoms with Crippen LogP contribution in [0, 0.1) is 13.8 Å². The van der Waals surface area contributed by atoms with Crippen LogP contribution in [0.15, 0.2) is 36.4 Å². The molecule has 1 N–H and O–H groups in total. The second-order valence-corrected chi connectivity index (χ2v) is 7.06. The van der Waals surface area contributed by atoms with Gasteiger partial charge in [0.05, 0.1) is 5.56 Å². The molecule has 4 rings (SSSR count). The highest BCUT2D eigenvalue weighted by atomic mass is 16.2. The molecule has 5 nitrogen and oxygen atoms in total. The number of nitrogens with zero attached hydrogens (tertiary/aromatic N) is 2. The molecule has 0 aliphatic carbocycles. The molecule has 2 saturated heterocycles. The first-order chi connectivity index (χ1) is 12.1. The quantitative estimate of drug-likeness (QED) is 0.916. The monoisotopic (exact) mass is 337 g/mol. The van der Waals surface area contributed by atoms with Crippen molar-refractivity contribution in [3.8, 4) is 5.69 Å². The number of carbonyl (C=O) groups is 2. The maximum Gasteiger partial charge on any atom is 0.256 e. The summed E-state index contributed by atoms with van der Waals surface area (Å²) >= 11 is 0. The van der Waals surface area contributed by atoms with Gasteiger partial charge in [-0.25, -0.2) is 0 Å². The molecule has 1 aromatic heterocycles. The second kappa shape index (κ2) is 6.06. The molecule has 0 radical (unpaired) electrons. The summed E-state index contributed by atoms with van der Waals surface area (Å²) in [5.41, 5.74) is 3.81. The molecular weight excluding hydrogens is 314 g/mol. The Bertz CT molecular complexity index is 825. The summed E-state index contributed by atoms with van der Waals surface area (Å²) in [4.78, 5) is 27.1. The van der Waals surface area contributed by atoms with Crippen LogP contribution in [0.2, 0.25) is 0 Å². The summed E-state index contributed by atoms with van der Waals surface area (Å²) in [7, 11) is 0. The normalized spacial score (nSPS) is 22.6. The molecular formula is C20H23N3O2. The van der Waals surface area contributed by atoms with E-state index < -0.39 is 0 Å². The first-order valence-corrected chi connectivity index (χ1v) is 8.90. The summed E-state index contributed by atoms with van der Waals surface area (Å²) in [5.74, 6) is 0.110. The number of amides is 2. The van der Waals surface area contributed by atoms with Crippen molar-refractivity contribution in [3.63, 3.8) is 0 Å². The molecule has 5 heteroatoms. The van der Waals surface area contributed by atoms with Crippen LogP contribution in [0.3, 0.4) is 0 Å². The largest absolute Gasteiger partial charge is 0.354 e. The Hall–Kier alpha value is -2.56. The summed E-state index contributed by atoms with van der Waals surface area (Å²) < 4.78 is 2.12. The highest BCUT2D eigenvalue weighted by molar-refractivity contribution is 5.97. The van der Waals surface area contributed by atoms with Crippen molar-refractivity contribution in [2.45, 2.75) is 45.2 Å².